The molecule has 1 amide bonds. The van der Waals surface area contributed by atoms with Gasteiger partial charge in [0.05, 0.1) is 25.5 Å². The molecule has 1 fully saturated rings. The van der Waals surface area contributed by atoms with Crippen LogP contribution < -0.4 is 9.47 Å². The quantitative estimate of drug-likeness (QED) is 0.621. The van der Waals surface area contributed by atoms with Gasteiger partial charge in [0.2, 0.25) is 0 Å². The molecule has 0 aliphatic carbocycles. The van der Waals surface area contributed by atoms with Gasteiger partial charge in [-0.25, -0.2) is 0 Å². The van der Waals surface area contributed by atoms with Crippen LogP contribution in [0.5, 0.6) is 11.5 Å². The Morgan fingerprint density at radius 1 is 1.35 bits per heavy atom. The van der Waals surface area contributed by atoms with Crippen molar-refractivity contribution in [1.29, 1.82) is 0 Å². The third kappa shape index (κ3) is 4.02. The van der Waals surface area contributed by atoms with Gasteiger partial charge in [-0.15, -0.1) is 0 Å². The van der Waals surface area contributed by atoms with Crippen molar-refractivity contribution < 1.29 is 24.2 Å². The number of methoxy groups -OCH3 is 2. The van der Waals surface area contributed by atoms with Crippen molar-refractivity contribution in [3.63, 3.8) is 0 Å². The van der Waals surface area contributed by atoms with Crippen molar-refractivity contribution in [2.75, 3.05) is 20.8 Å². The standard InChI is InChI=1S/C15H15NO5S2/c1-20-10-4-3-9(7-11(10)21-2)8-12-14(19)16(15(22)23-12)6-5-13(17)18/h3-4,7-8H,5-6H2,1-2H3,(H,17,18)/b12-8+. The van der Waals surface area contributed by atoms with Crippen molar-refractivity contribution in [2.45, 2.75) is 6.42 Å². The van der Waals surface area contributed by atoms with E-state index in [2.05, 4.69) is 0 Å². The first kappa shape index (κ1) is 17.3. The van der Waals surface area contributed by atoms with E-state index in [0.29, 0.717) is 20.7 Å². The van der Waals surface area contributed by atoms with Gasteiger partial charge in [0.1, 0.15) is 4.32 Å². The molecule has 0 atom stereocenters. The van der Waals surface area contributed by atoms with Gasteiger partial charge in [-0.1, -0.05) is 30.0 Å². The predicted octanol–water partition coefficient (Wildman–Crippen LogP) is 2.38. The Labute approximate surface area is 143 Å². The smallest absolute Gasteiger partial charge is 0.305 e. The summed E-state index contributed by atoms with van der Waals surface area (Å²) in [4.78, 5) is 24.7. The maximum atomic E-state index is 12.3. The number of carbonyl (C=O) groups is 2. The van der Waals surface area contributed by atoms with Crippen LogP contribution in [0.4, 0.5) is 0 Å². The highest BCUT2D eigenvalue weighted by Gasteiger charge is 2.32. The molecule has 122 valence electrons. The maximum Gasteiger partial charge on any atom is 0.305 e. The van der Waals surface area contributed by atoms with E-state index in [9.17, 15) is 9.59 Å². The number of aliphatic carboxylic acids is 1. The second kappa shape index (κ2) is 7.47. The summed E-state index contributed by atoms with van der Waals surface area (Å²) in [5.74, 6) is -0.0970. The largest absolute Gasteiger partial charge is 0.493 e. The van der Waals surface area contributed by atoms with Gasteiger partial charge in [-0.05, 0) is 23.8 Å². The van der Waals surface area contributed by atoms with Crippen LogP contribution in [0.25, 0.3) is 6.08 Å². The van der Waals surface area contributed by atoms with Crippen LogP contribution >= 0.6 is 24.0 Å². The summed E-state index contributed by atoms with van der Waals surface area (Å²) < 4.78 is 10.8. The molecule has 0 radical (unpaired) electrons. The van der Waals surface area contributed by atoms with Gasteiger partial charge in [-0.2, -0.15) is 0 Å². The molecule has 0 aromatic heterocycles. The molecule has 1 aromatic carbocycles. The number of hydrogen-bond donors (Lipinski definition) is 1. The lowest BCUT2D eigenvalue weighted by Gasteiger charge is -2.12. The Morgan fingerprint density at radius 3 is 2.65 bits per heavy atom. The fraction of sp³-hybridized carbons (Fsp3) is 0.267. The topological polar surface area (TPSA) is 76.1 Å². The van der Waals surface area contributed by atoms with Gasteiger partial charge in [0.25, 0.3) is 5.91 Å². The normalized spacial score (nSPS) is 16.1. The van der Waals surface area contributed by atoms with E-state index in [1.807, 2.05) is 0 Å². The number of thioether (sulfide) groups is 1. The van der Waals surface area contributed by atoms with Crippen molar-refractivity contribution in [2.24, 2.45) is 0 Å². The lowest BCUT2D eigenvalue weighted by molar-refractivity contribution is -0.137. The highest BCUT2D eigenvalue weighted by molar-refractivity contribution is 8.26. The fourth-order valence-corrected chi connectivity index (χ4v) is 3.30. The Bertz CT molecular complexity index is 686. The summed E-state index contributed by atoms with van der Waals surface area (Å²) in [5, 5.41) is 8.73. The monoisotopic (exact) mass is 353 g/mol. The molecule has 1 aliphatic rings. The average molecular weight is 353 g/mol. The number of rotatable bonds is 6. The second-order valence-corrected chi connectivity index (χ2v) is 6.27. The molecule has 1 aliphatic heterocycles. The van der Waals surface area contributed by atoms with E-state index >= 15 is 0 Å². The lowest BCUT2D eigenvalue weighted by atomic mass is 10.2. The van der Waals surface area contributed by atoms with Gasteiger partial charge >= 0.3 is 5.97 Å². The van der Waals surface area contributed by atoms with Crippen LogP contribution in [-0.2, 0) is 9.59 Å². The minimum Gasteiger partial charge on any atom is -0.493 e. The second-order valence-electron chi connectivity index (χ2n) is 4.59. The molecule has 1 heterocycles. The molecule has 8 heteroatoms. The van der Waals surface area contributed by atoms with Crippen molar-refractivity contribution in [3.8, 4) is 11.5 Å². The molecule has 0 saturated carbocycles. The number of carbonyl (C=O) groups excluding carboxylic acids is 1. The summed E-state index contributed by atoms with van der Waals surface area (Å²) in [6.07, 6.45) is 1.55. The first-order valence-corrected chi connectivity index (χ1v) is 7.88. The molecule has 0 unspecified atom stereocenters. The average Bonchev–Trinajstić information content (AvgIpc) is 2.79. The molecule has 6 nitrogen and oxygen atoms in total. The maximum absolute atomic E-state index is 12.3. The van der Waals surface area contributed by atoms with Crippen LogP contribution in [-0.4, -0.2) is 47.0 Å². The Hall–Kier alpha value is -2.06. The Kier molecular flexibility index (Phi) is 5.62. The molecular formula is C15H15NO5S2. The van der Waals surface area contributed by atoms with Crippen LogP contribution in [0.2, 0.25) is 0 Å². The lowest BCUT2D eigenvalue weighted by Crippen LogP contribution is -2.30. The molecule has 1 saturated heterocycles. The van der Waals surface area contributed by atoms with Crippen LogP contribution in [0.3, 0.4) is 0 Å². The molecule has 2 rings (SSSR count). The van der Waals surface area contributed by atoms with E-state index in [0.717, 1.165) is 17.3 Å². The first-order valence-electron chi connectivity index (χ1n) is 6.65. The van der Waals surface area contributed by atoms with Crippen molar-refractivity contribution in [1.82, 2.24) is 4.90 Å². The summed E-state index contributed by atoms with van der Waals surface area (Å²) in [7, 11) is 3.08. The number of ether oxygens (including phenoxy) is 2. The summed E-state index contributed by atoms with van der Waals surface area (Å²) in [5.41, 5.74) is 0.765. The van der Waals surface area contributed by atoms with Crippen LogP contribution in [0, 0.1) is 0 Å². The number of nitrogens with zero attached hydrogens (tertiary/aromatic N) is 1. The van der Waals surface area contributed by atoms with E-state index in [-0.39, 0.29) is 18.9 Å². The zero-order valence-corrected chi connectivity index (χ0v) is 14.2. The van der Waals surface area contributed by atoms with Crippen molar-refractivity contribution >= 4 is 46.3 Å². The minimum atomic E-state index is -0.970. The van der Waals surface area contributed by atoms with Gasteiger partial charge < -0.3 is 14.6 Å². The number of hydrogen-bond acceptors (Lipinski definition) is 6. The SMILES string of the molecule is COc1ccc(/C=C2/SC(=S)N(CCC(=O)O)C2=O)cc1OC. The number of amides is 1. The number of thiocarbonyl (C=S) groups is 1. The molecule has 1 aromatic rings. The highest BCUT2D eigenvalue weighted by Crippen LogP contribution is 2.34. The van der Waals surface area contributed by atoms with E-state index in [1.165, 1.54) is 12.0 Å². The molecule has 23 heavy (non-hydrogen) atoms. The van der Waals surface area contributed by atoms with Crippen molar-refractivity contribution in [3.05, 3.63) is 28.7 Å². The van der Waals surface area contributed by atoms with Crippen LogP contribution in [0.1, 0.15) is 12.0 Å². The van der Waals surface area contributed by atoms with E-state index in [4.69, 9.17) is 26.8 Å². The zero-order valence-electron chi connectivity index (χ0n) is 12.6. The number of carboxylic acid groups (broad SMARTS) is 1. The third-order valence-corrected chi connectivity index (χ3v) is 4.51. The third-order valence-electron chi connectivity index (χ3n) is 3.13. The minimum absolute atomic E-state index is 0.0727. The summed E-state index contributed by atoms with van der Waals surface area (Å²) >= 11 is 6.30. The molecule has 0 spiro atoms. The molecular weight excluding hydrogens is 338 g/mol. The summed E-state index contributed by atoms with van der Waals surface area (Å²) in [6, 6.07) is 5.30. The molecule has 0 bridgehead atoms. The van der Waals surface area contributed by atoms with Gasteiger partial charge in [0, 0.05) is 6.54 Å². The van der Waals surface area contributed by atoms with E-state index < -0.39 is 5.97 Å². The Balaban J connectivity index is 2.21. The van der Waals surface area contributed by atoms with E-state index in [1.54, 1.807) is 31.4 Å². The first-order chi connectivity index (χ1) is 11.0. The van der Waals surface area contributed by atoms with Gasteiger partial charge in [0.15, 0.2) is 11.5 Å². The van der Waals surface area contributed by atoms with Crippen LogP contribution in [0.15, 0.2) is 23.1 Å². The fourth-order valence-electron chi connectivity index (χ4n) is 1.99. The zero-order chi connectivity index (χ0) is 17.0. The number of carboxylic acids is 1. The molecule has 1 N–H and O–H groups in total. The van der Waals surface area contributed by atoms with Gasteiger partial charge in [-0.3, -0.25) is 14.5 Å². The summed E-state index contributed by atoms with van der Waals surface area (Å²) in [6.45, 7) is 0.0727. The predicted molar refractivity (Wildman–Crippen MR) is 91.7 cm³/mol. The Morgan fingerprint density at radius 2 is 2.04 bits per heavy atom. The highest BCUT2D eigenvalue weighted by atomic mass is 32.2. The number of benzene rings is 1.